The van der Waals surface area contributed by atoms with E-state index < -0.39 is 5.41 Å². The van der Waals surface area contributed by atoms with E-state index in [1.54, 1.807) is 0 Å². The topological polar surface area (TPSA) is 16.4 Å². The summed E-state index contributed by atoms with van der Waals surface area (Å²) in [6.45, 7) is 0. The van der Waals surface area contributed by atoms with E-state index in [4.69, 9.17) is 4.42 Å². The summed E-state index contributed by atoms with van der Waals surface area (Å²) in [5.74, 6) is 0. The third kappa shape index (κ3) is 6.65. The summed E-state index contributed by atoms with van der Waals surface area (Å²) in [5, 5.41) is 4.61. The van der Waals surface area contributed by atoms with Crippen LogP contribution >= 0.6 is 0 Å². The summed E-state index contributed by atoms with van der Waals surface area (Å²) < 4.78 is 6.57. The fourth-order valence-corrected chi connectivity index (χ4v) is 12.2. The van der Waals surface area contributed by atoms with Crippen molar-refractivity contribution in [2.75, 3.05) is 4.90 Å². The van der Waals surface area contributed by atoms with Gasteiger partial charge in [0.05, 0.1) is 22.5 Å². The number of furan rings is 1. The lowest BCUT2D eigenvalue weighted by atomic mass is 9.67. The van der Waals surface area contributed by atoms with Crippen LogP contribution in [0.25, 0.3) is 88.3 Å². The SMILES string of the molecule is c1ccc(-c2cccc3cccc(-c4ccccc4N(c4ccccc4-c4cccc5c4-c4ccccc4C5(c4ccccc4)c4ccccc4)c4ccccc4-c4cccc5oc6ccccc6c45)c23)cc1. The largest absolute Gasteiger partial charge is 0.456 e. The van der Waals surface area contributed by atoms with Gasteiger partial charge in [-0.1, -0.05) is 255 Å². The summed E-state index contributed by atoms with van der Waals surface area (Å²) in [4.78, 5) is 2.53. The number of nitrogens with zero attached hydrogens (tertiary/aromatic N) is 1. The molecule has 342 valence electrons. The van der Waals surface area contributed by atoms with E-state index in [0.29, 0.717) is 0 Å². The number of rotatable bonds is 9. The molecule has 73 heavy (non-hydrogen) atoms. The third-order valence-corrected chi connectivity index (χ3v) is 15.2. The zero-order chi connectivity index (χ0) is 48.3. The van der Waals surface area contributed by atoms with Gasteiger partial charge in [0.2, 0.25) is 0 Å². The predicted molar refractivity (Wildman–Crippen MR) is 305 cm³/mol. The van der Waals surface area contributed by atoms with Crippen LogP contribution in [0.4, 0.5) is 17.1 Å². The number of benzene rings is 12. The molecule has 0 saturated carbocycles. The van der Waals surface area contributed by atoms with Gasteiger partial charge >= 0.3 is 0 Å². The van der Waals surface area contributed by atoms with E-state index in [2.05, 4.69) is 284 Å². The molecule has 12 aromatic carbocycles. The van der Waals surface area contributed by atoms with E-state index in [9.17, 15) is 0 Å². The Morgan fingerprint density at radius 1 is 0.274 bits per heavy atom. The van der Waals surface area contributed by atoms with Crippen molar-refractivity contribution >= 4 is 49.8 Å². The summed E-state index contributed by atoms with van der Waals surface area (Å²) in [5.41, 5.74) is 21.1. The van der Waals surface area contributed by atoms with Crippen LogP contribution in [0.5, 0.6) is 0 Å². The molecular formula is C71H47NO. The second kappa shape index (κ2) is 17.4. The molecule has 0 radical (unpaired) electrons. The lowest BCUT2D eigenvalue weighted by molar-refractivity contribution is 0.669. The monoisotopic (exact) mass is 929 g/mol. The molecule has 2 heteroatoms. The molecule has 0 saturated heterocycles. The molecule has 13 aromatic rings. The highest BCUT2D eigenvalue weighted by Crippen LogP contribution is 2.60. The molecule has 14 rings (SSSR count). The van der Waals surface area contributed by atoms with Crippen LogP contribution in [0.3, 0.4) is 0 Å². The Morgan fingerprint density at radius 3 is 1.34 bits per heavy atom. The molecule has 1 aliphatic carbocycles. The first-order valence-electron chi connectivity index (χ1n) is 25.2. The molecule has 0 unspecified atom stereocenters. The lowest BCUT2D eigenvalue weighted by Crippen LogP contribution is -2.28. The Morgan fingerprint density at radius 2 is 0.699 bits per heavy atom. The Hall–Kier alpha value is -9.50. The van der Waals surface area contributed by atoms with E-state index in [-0.39, 0.29) is 0 Å². The first kappa shape index (κ1) is 42.4. The van der Waals surface area contributed by atoms with Crippen molar-refractivity contribution in [3.63, 3.8) is 0 Å². The first-order chi connectivity index (χ1) is 36.3. The predicted octanol–water partition coefficient (Wildman–Crippen LogP) is 19.2. The van der Waals surface area contributed by atoms with Gasteiger partial charge in [-0.3, -0.25) is 0 Å². The standard InChI is InChI=1S/C71H47NO/c1-4-24-48(25-5-1)52-37-20-26-49-27-21-38-56(68(49)52)53-32-11-16-43-63(53)72(65-45-18-13-34-55(65)58-40-23-47-67-70(58)60-36-14-19-46-66(60)73-67)64-44-17-12-33-54(64)57-39-22-42-62-69(57)59-35-10-15-41-61(59)71(62,50-28-6-2-7-29-50)51-30-8-3-9-31-51/h1-47H. The quantitative estimate of drug-likeness (QED) is 0.143. The number of hydrogen-bond donors (Lipinski definition) is 0. The van der Waals surface area contributed by atoms with Gasteiger partial charge in [-0.15, -0.1) is 0 Å². The van der Waals surface area contributed by atoms with Crippen molar-refractivity contribution in [1.82, 2.24) is 0 Å². The van der Waals surface area contributed by atoms with E-state index in [0.717, 1.165) is 61.3 Å². The fourth-order valence-electron chi connectivity index (χ4n) is 12.2. The van der Waals surface area contributed by atoms with Crippen LogP contribution in [0.15, 0.2) is 290 Å². The van der Waals surface area contributed by atoms with Gasteiger partial charge in [0.1, 0.15) is 11.2 Å². The average molecular weight is 930 g/mol. The summed E-state index contributed by atoms with van der Waals surface area (Å²) in [6, 6.07) is 104. The Bertz CT molecular complexity index is 4160. The number of para-hydroxylation sites is 4. The summed E-state index contributed by atoms with van der Waals surface area (Å²) in [6.07, 6.45) is 0. The highest BCUT2D eigenvalue weighted by molar-refractivity contribution is 6.15. The van der Waals surface area contributed by atoms with Gasteiger partial charge in [0.15, 0.2) is 0 Å². The van der Waals surface area contributed by atoms with Crippen molar-refractivity contribution in [2.45, 2.75) is 5.41 Å². The van der Waals surface area contributed by atoms with Crippen LogP contribution in [-0.2, 0) is 5.41 Å². The number of hydrogen-bond acceptors (Lipinski definition) is 2. The van der Waals surface area contributed by atoms with E-state index in [1.807, 2.05) is 6.07 Å². The van der Waals surface area contributed by atoms with Crippen LogP contribution in [0.1, 0.15) is 22.3 Å². The van der Waals surface area contributed by atoms with E-state index in [1.165, 1.54) is 66.4 Å². The molecule has 1 heterocycles. The Kier molecular flexibility index (Phi) is 10.1. The van der Waals surface area contributed by atoms with Crippen LogP contribution < -0.4 is 4.90 Å². The molecule has 0 amide bonds. The van der Waals surface area contributed by atoms with Crippen molar-refractivity contribution in [3.05, 3.63) is 307 Å². The fraction of sp³-hybridized carbons (Fsp3) is 0.0141. The molecule has 0 aliphatic heterocycles. The van der Waals surface area contributed by atoms with Gasteiger partial charge in [0, 0.05) is 27.5 Å². The smallest absolute Gasteiger partial charge is 0.136 e. The van der Waals surface area contributed by atoms with Crippen molar-refractivity contribution < 1.29 is 4.42 Å². The highest BCUT2D eigenvalue weighted by atomic mass is 16.3. The van der Waals surface area contributed by atoms with Gasteiger partial charge in [0.25, 0.3) is 0 Å². The first-order valence-corrected chi connectivity index (χ1v) is 25.2. The third-order valence-electron chi connectivity index (χ3n) is 15.2. The molecule has 1 aromatic heterocycles. The van der Waals surface area contributed by atoms with Gasteiger partial charge < -0.3 is 9.32 Å². The van der Waals surface area contributed by atoms with Gasteiger partial charge in [-0.2, -0.15) is 0 Å². The molecular weight excluding hydrogens is 883 g/mol. The minimum atomic E-state index is -0.546. The second-order valence-electron chi connectivity index (χ2n) is 19.0. The maximum Gasteiger partial charge on any atom is 0.136 e. The number of fused-ring (bicyclic) bond motifs is 7. The molecule has 0 N–H and O–H groups in total. The Balaban J connectivity index is 1.08. The van der Waals surface area contributed by atoms with Gasteiger partial charge in [-0.05, 0) is 102 Å². The maximum absolute atomic E-state index is 6.57. The zero-order valence-corrected chi connectivity index (χ0v) is 40.0. The summed E-state index contributed by atoms with van der Waals surface area (Å²) in [7, 11) is 0. The maximum atomic E-state index is 6.57. The van der Waals surface area contributed by atoms with Crippen LogP contribution in [-0.4, -0.2) is 0 Å². The van der Waals surface area contributed by atoms with Crippen LogP contribution in [0.2, 0.25) is 0 Å². The van der Waals surface area contributed by atoms with Crippen LogP contribution in [0, 0.1) is 0 Å². The minimum Gasteiger partial charge on any atom is -0.456 e. The molecule has 0 fully saturated rings. The second-order valence-corrected chi connectivity index (χ2v) is 19.0. The molecule has 0 atom stereocenters. The lowest BCUT2D eigenvalue weighted by Gasteiger charge is -2.34. The Labute approximate surface area is 425 Å². The van der Waals surface area contributed by atoms with Crippen molar-refractivity contribution in [1.29, 1.82) is 0 Å². The zero-order valence-electron chi connectivity index (χ0n) is 40.0. The minimum absolute atomic E-state index is 0.546. The average Bonchev–Trinajstić information content (AvgIpc) is 4.03. The van der Waals surface area contributed by atoms with Gasteiger partial charge in [-0.25, -0.2) is 0 Å². The number of anilines is 3. The highest BCUT2D eigenvalue weighted by Gasteiger charge is 2.47. The van der Waals surface area contributed by atoms with Crippen molar-refractivity contribution in [3.8, 4) is 55.6 Å². The molecule has 0 bridgehead atoms. The van der Waals surface area contributed by atoms with E-state index >= 15 is 0 Å². The molecule has 2 nitrogen and oxygen atoms in total. The molecule has 1 aliphatic rings. The van der Waals surface area contributed by atoms with Crippen molar-refractivity contribution in [2.24, 2.45) is 0 Å². The molecule has 0 spiro atoms. The summed E-state index contributed by atoms with van der Waals surface area (Å²) >= 11 is 0. The normalized spacial score (nSPS) is 12.5.